The lowest BCUT2D eigenvalue weighted by molar-refractivity contribution is -0.129. The number of hydrogen-bond donors (Lipinski definition) is 0. The molecule has 0 saturated carbocycles. The van der Waals surface area contributed by atoms with Crippen molar-refractivity contribution in [3.8, 4) is 6.07 Å². The van der Waals surface area contributed by atoms with E-state index in [9.17, 15) is 10.1 Å². The van der Waals surface area contributed by atoms with Gasteiger partial charge in [0.2, 0.25) is 5.91 Å². The second-order valence-electron chi connectivity index (χ2n) is 6.16. The summed E-state index contributed by atoms with van der Waals surface area (Å²) in [6, 6.07) is 4.63. The number of nitriles is 1. The van der Waals surface area contributed by atoms with Crippen molar-refractivity contribution in [3.05, 3.63) is 22.9 Å². The highest BCUT2D eigenvalue weighted by Gasteiger charge is 2.36. The van der Waals surface area contributed by atoms with Crippen LogP contribution < -0.4 is 4.90 Å². The first-order valence-corrected chi connectivity index (χ1v) is 7.73. The minimum atomic E-state index is 0.280. The van der Waals surface area contributed by atoms with E-state index in [-0.39, 0.29) is 5.91 Å². The summed E-state index contributed by atoms with van der Waals surface area (Å²) < 4.78 is 0. The zero-order valence-electron chi connectivity index (χ0n) is 12.0. The van der Waals surface area contributed by atoms with E-state index in [1.807, 2.05) is 11.0 Å². The predicted octanol–water partition coefficient (Wildman–Crippen LogP) is 1.25. The van der Waals surface area contributed by atoms with E-state index in [1.54, 1.807) is 0 Å². The summed E-state index contributed by atoms with van der Waals surface area (Å²) in [6.45, 7) is 2.35. The van der Waals surface area contributed by atoms with Crippen LogP contribution in [0, 0.1) is 11.3 Å². The van der Waals surface area contributed by atoms with Gasteiger partial charge in [0.15, 0.2) is 0 Å². The summed E-state index contributed by atoms with van der Waals surface area (Å²) in [5.41, 5.74) is 3.09. The first kappa shape index (κ1) is 12.6. The number of fused-ring (bicyclic) bond motifs is 2. The highest BCUT2D eigenvalue weighted by Crippen LogP contribution is 2.30. The molecule has 5 nitrogen and oxygen atoms in total. The molecule has 2 fully saturated rings. The Balaban J connectivity index is 1.65. The molecule has 1 atom stereocenters. The molecule has 3 heterocycles. The zero-order chi connectivity index (χ0) is 14.4. The Morgan fingerprint density at radius 2 is 2.19 bits per heavy atom. The number of rotatable bonds is 1. The van der Waals surface area contributed by atoms with Gasteiger partial charge < -0.3 is 9.80 Å². The van der Waals surface area contributed by atoms with Crippen LogP contribution in [0.4, 0.5) is 5.82 Å². The van der Waals surface area contributed by atoms with Crippen molar-refractivity contribution in [3.63, 3.8) is 0 Å². The van der Waals surface area contributed by atoms with E-state index in [1.165, 1.54) is 5.56 Å². The summed E-state index contributed by atoms with van der Waals surface area (Å²) in [5.74, 6) is 1.11. The summed E-state index contributed by atoms with van der Waals surface area (Å²) in [4.78, 5) is 20.7. The Morgan fingerprint density at radius 3 is 3.05 bits per heavy atom. The fourth-order valence-electron chi connectivity index (χ4n) is 3.84. The van der Waals surface area contributed by atoms with Crippen molar-refractivity contribution in [2.24, 2.45) is 0 Å². The second kappa shape index (κ2) is 4.73. The highest BCUT2D eigenvalue weighted by molar-refractivity contribution is 5.79. The molecule has 21 heavy (non-hydrogen) atoms. The third-order valence-corrected chi connectivity index (χ3v) is 4.95. The lowest BCUT2D eigenvalue weighted by Gasteiger charge is -2.38. The van der Waals surface area contributed by atoms with Gasteiger partial charge in [-0.05, 0) is 37.3 Å². The third-order valence-electron chi connectivity index (χ3n) is 4.95. The van der Waals surface area contributed by atoms with Crippen LogP contribution in [0.25, 0.3) is 0 Å². The monoisotopic (exact) mass is 282 g/mol. The third kappa shape index (κ3) is 1.98. The molecule has 3 aliphatic rings. The summed E-state index contributed by atoms with van der Waals surface area (Å²) in [5, 5.41) is 9.43. The van der Waals surface area contributed by atoms with Gasteiger partial charge in [-0.1, -0.05) is 0 Å². The van der Waals surface area contributed by atoms with Gasteiger partial charge in [-0.25, -0.2) is 4.98 Å². The molecule has 2 aliphatic heterocycles. The maximum Gasteiger partial charge on any atom is 0.223 e. The first-order chi connectivity index (χ1) is 10.3. The average molecular weight is 282 g/mol. The molecule has 1 unspecified atom stereocenters. The van der Waals surface area contributed by atoms with E-state index >= 15 is 0 Å². The van der Waals surface area contributed by atoms with Crippen molar-refractivity contribution in [1.82, 2.24) is 9.88 Å². The second-order valence-corrected chi connectivity index (χ2v) is 6.16. The van der Waals surface area contributed by atoms with Crippen LogP contribution >= 0.6 is 0 Å². The number of piperazine rings is 1. The normalized spacial score (nSPS) is 24.0. The Morgan fingerprint density at radius 1 is 1.29 bits per heavy atom. The van der Waals surface area contributed by atoms with Gasteiger partial charge in [0, 0.05) is 37.8 Å². The number of carbonyl (C=O) groups is 1. The van der Waals surface area contributed by atoms with Crippen LogP contribution in [0.15, 0.2) is 6.07 Å². The summed E-state index contributed by atoms with van der Waals surface area (Å²) in [6.07, 6.45) is 4.81. The van der Waals surface area contributed by atoms with Crippen molar-refractivity contribution in [1.29, 1.82) is 5.26 Å². The van der Waals surface area contributed by atoms with E-state index in [2.05, 4.69) is 11.0 Å². The first-order valence-electron chi connectivity index (χ1n) is 7.73. The number of aromatic nitrogens is 1. The molecule has 0 N–H and O–H groups in total. The van der Waals surface area contributed by atoms with Crippen LogP contribution in [0.2, 0.25) is 0 Å². The molecule has 4 rings (SSSR count). The molecule has 5 heteroatoms. The number of anilines is 1. The molecular weight excluding hydrogens is 264 g/mol. The van der Waals surface area contributed by atoms with E-state index < -0.39 is 0 Å². The quantitative estimate of drug-likeness (QED) is 0.778. The Hall–Kier alpha value is -2.09. The smallest absolute Gasteiger partial charge is 0.223 e. The maximum absolute atomic E-state index is 11.8. The lowest BCUT2D eigenvalue weighted by atomic mass is 10.1. The number of pyridine rings is 1. The van der Waals surface area contributed by atoms with Gasteiger partial charge in [0.05, 0.1) is 5.56 Å². The van der Waals surface area contributed by atoms with Crippen molar-refractivity contribution < 1.29 is 4.79 Å². The summed E-state index contributed by atoms with van der Waals surface area (Å²) >= 11 is 0. The number of hydrogen-bond acceptors (Lipinski definition) is 4. The molecule has 2 saturated heterocycles. The highest BCUT2D eigenvalue weighted by atomic mass is 16.2. The fourth-order valence-corrected chi connectivity index (χ4v) is 3.84. The van der Waals surface area contributed by atoms with Gasteiger partial charge in [0.1, 0.15) is 11.9 Å². The maximum atomic E-state index is 11.8. The van der Waals surface area contributed by atoms with Crippen molar-refractivity contribution in [2.75, 3.05) is 24.5 Å². The molecule has 0 spiro atoms. The van der Waals surface area contributed by atoms with Crippen LogP contribution in [0.5, 0.6) is 0 Å². The molecule has 0 aromatic carbocycles. The molecule has 108 valence electrons. The SMILES string of the molecule is N#Cc1cc2c(nc1N1CCN3C(=O)CCC3C1)CCC2. The molecular formula is C16H18N4O. The molecule has 0 bridgehead atoms. The molecule has 1 aromatic heterocycles. The van der Waals surface area contributed by atoms with Gasteiger partial charge in [-0.3, -0.25) is 4.79 Å². The topological polar surface area (TPSA) is 60.2 Å². The minimum Gasteiger partial charge on any atom is -0.352 e. The van der Waals surface area contributed by atoms with Crippen LogP contribution in [-0.2, 0) is 17.6 Å². The zero-order valence-corrected chi connectivity index (χ0v) is 12.0. The van der Waals surface area contributed by atoms with Gasteiger partial charge in [-0.15, -0.1) is 0 Å². The van der Waals surface area contributed by atoms with Crippen molar-refractivity contribution in [2.45, 2.75) is 38.1 Å². The Kier molecular flexibility index (Phi) is 2.85. The number of carbonyl (C=O) groups excluding carboxylic acids is 1. The number of nitrogens with zero attached hydrogens (tertiary/aromatic N) is 4. The number of amides is 1. The Labute approximate surface area is 124 Å². The molecule has 1 amide bonds. The van der Waals surface area contributed by atoms with Crippen LogP contribution in [0.3, 0.4) is 0 Å². The molecule has 1 aliphatic carbocycles. The van der Waals surface area contributed by atoms with Crippen molar-refractivity contribution >= 4 is 11.7 Å². The number of aryl methyl sites for hydroxylation is 2. The summed E-state index contributed by atoms with van der Waals surface area (Å²) in [7, 11) is 0. The van der Waals surface area contributed by atoms with Gasteiger partial charge in [0.25, 0.3) is 0 Å². The van der Waals surface area contributed by atoms with E-state index in [4.69, 9.17) is 4.98 Å². The van der Waals surface area contributed by atoms with Gasteiger partial charge >= 0.3 is 0 Å². The van der Waals surface area contributed by atoms with Crippen LogP contribution in [-0.4, -0.2) is 41.5 Å². The van der Waals surface area contributed by atoms with Gasteiger partial charge in [-0.2, -0.15) is 5.26 Å². The van der Waals surface area contributed by atoms with E-state index in [0.717, 1.165) is 56.8 Å². The fraction of sp³-hybridized carbons (Fsp3) is 0.562. The standard InChI is InChI=1S/C16H18N4O/c17-9-12-8-11-2-1-3-14(11)18-16(12)19-6-7-20-13(10-19)4-5-15(20)21/h8,13H,1-7,10H2. The Bertz CT molecular complexity index is 648. The minimum absolute atomic E-state index is 0.280. The molecule has 1 aromatic rings. The van der Waals surface area contributed by atoms with Crippen LogP contribution in [0.1, 0.15) is 36.1 Å². The van der Waals surface area contributed by atoms with E-state index in [0.29, 0.717) is 18.0 Å². The largest absolute Gasteiger partial charge is 0.352 e. The molecule has 0 radical (unpaired) electrons. The predicted molar refractivity (Wildman–Crippen MR) is 77.9 cm³/mol. The lowest BCUT2D eigenvalue weighted by Crippen LogP contribution is -2.52. The average Bonchev–Trinajstić information content (AvgIpc) is 3.12.